The molecule has 0 bridgehead atoms. The Balaban J connectivity index is 0.796. The zero-order chi connectivity index (χ0) is 49.9. The van der Waals surface area contributed by atoms with Crippen molar-refractivity contribution in [3.8, 4) is 56.4 Å². The van der Waals surface area contributed by atoms with Crippen LogP contribution in [-0.2, 0) is 5.41 Å². The second-order valence-electron chi connectivity index (χ2n) is 22.3. The molecular weight excluding hydrogens is 921 g/mol. The van der Waals surface area contributed by atoms with Gasteiger partial charge in [0.05, 0.1) is 0 Å². The molecule has 16 rings (SSSR count). The van der Waals surface area contributed by atoms with Crippen molar-refractivity contribution in [2.24, 2.45) is 23.7 Å². The number of hydrogen-bond donors (Lipinski definition) is 0. The summed E-state index contributed by atoms with van der Waals surface area (Å²) in [5.74, 6) is 4.78. The van der Waals surface area contributed by atoms with Gasteiger partial charge in [0.15, 0.2) is 0 Å². The zero-order valence-electron chi connectivity index (χ0n) is 42.3. The first-order chi connectivity index (χ1) is 37.5. The minimum Gasteiger partial charge on any atom is -0.457 e. The zero-order valence-corrected chi connectivity index (χ0v) is 42.3. The fourth-order valence-electron chi connectivity index (χ4n) is 14.6. The van der Waals surface area contributed by atoms with Crippen LogP contribution >= 0.6 is 0 Å². The molecule has 76 heavy (non-hydrogen) atoms. The van der Waals surface area contributed by atoms with E-state index in [0.717, 1.165) is 58.1 Å². The summed E-state index contributed by atoms with van der Waals surface area (Å²) in [5.41, 5.74) is 26.2. The van der Waals surface area contributed by atoms with Crippen molar-refractivity contribution in [1.82, 2.24) is 0 Å². The third-order valence-electron chi connectivity index (χ3n) is 18.0. The number of hydrogen-bond acceptors (Lipinski definition) is 2. The van der Waals surface area contributed by atoms with E-state index < -0.39 is 0 Å². The molecule has 1 saturated carbocycles. The van der Waals surface area contributed by atoms with Crippen LogP contribution in [0.25, 0.3) is 44.5 Å². The van der Waals surface area contributed by atoms with Gasteiger partial charge >= 0.3 is 0 Å². The molecule has 362 valence electrons. The van der Waals surface area contributed by atoms with E-state index in [9.17, 15) is 0 Å². The Bertz CT molecular complexity index is 3750. The van der Waals surface area contributed by atoms with E-state index in [-0.39, 0.29) is 5.41 Å². The molecule has 10 aliphatic carbocycles. The van der Waals surface area contributed by atoms with Crippen molar-refractivity contribution >= 4 is 11.1 Å². The van der Waals surface area contributed by atoms with Crippen molar-refractivity contribution in [1.29, 1.82) is 0 Å². The van der Waals surface area contributed by atoms with Crippen LogP contribution in [0.1, 0.15) is 54.4 Å². The molecule has 6 aromatic rings. The Morgan fingerprint density at radius 2 is 0.737 bits per heavy atom. The third-order valence-corrected chi connectivity index (χ3v) is 18.0. The second-order valence-corrected chi connectivity index (χ2v) is 22.3. The minimum absolute atomic E-state index is 0.0863. The second kappa shape index (κ2) is 17.2. The summed E-state index contributed by atoms with van der Waals surface area (Å²) in [6, 6.07) is 48.8. The van der Waals surface area contributed by atoms with E-state index in [0.29, 0.717) is 23.7 Å². The van der Waals surface area contributed by atoms with Crippen LogP contribution in [0.3, 0.4) is 0 Å². The molecule has 2 nitrogen and oxygen atoms in total. The average molecular weight is 975 g/mol. The van der Waals surface area contributed by atoms with Crippen molar-refractivity contribution in [2.75, 3.05) is 0 Å². The molecule has 0 N–H and O–H groups in total. The molecule has 0 saturated heterocycles. The third kappa shape index (κ3) is 7.07. The first-order valence-electron chi connectivity index (χ1n) is 27.5. The average Bonchev–Trinajstić information content (AvgIpc) is 3.74. The molecule has 1 spiro atoms. The number of ether oxygens (including phenoxy) is 2. The van der Waals surface area contributed by atoms with Crippen LogP contribution in [0.5, 0.6) is 23.0 Å². The number of para-hydroxylation sites is 2. The summed E-state index contributed by atoms with van der Waals surface area (Å²) < 4.78 is 13.5. The molecule has 2 heteroatoms. The quantitative estimate of drug-likeness (QED) is 0.151. The highest BCUT2D eigenvalue weighted by atomic mass is 16.5. The fourth-order valence-corrected chi connectivity index (χ4v) is 14.6. The highest BCUT2D eigenvalue weighted by Gasteiger charge is 2.45. The first-order valence-corrected chi connectivity index (χ1v) is 27.5. The molecule has 0 amide bonds. The van der Waals surface area contributed by atoms with Gasteiger partial charge in [-0.1, -0.05) is 189 Å². The van der Waals surface area contributed by atoms with E-state index in [1.54, 1.807) is 0 Å². The maximum Gasteiger partial charge on any atom is 0.128 e. The molecule has 1 fully saturated rings. The lowest BCUT2D eigenvalue weighted by molar-refractivity contribution is 0.353. The SMILES string of the molecule is C1=CC2=CC=C3C=C(c4cc(Oc5ccccc5)cc(-c5ccc6c(c5)C5(CCCCC5)c5cc(-c7cc(Oc8ccccc8)cc(C8=CC9=CC=C%10C=CC=C%11C=CC(=C8)C9C%11%10)c7)ccc5-6)c4)C=C4C=CC(=C1)C2C34. The van der Waals surface area contributed by atoms with Gasteiger partial charge in [0.25, 0.3) is 0 Å². The fraction of sp³-hybridized carbons (Fsp3) is 0.135. The molecule has 0 aliphatic heterocycles. The Morgan fingerprint density at radius 1 is 0.316 bits per heavy atom. The van der Waals surface area contributed by atoms with E-state index in [4.69, 9.17) is 9.47 Å². The Morgan fingerprint density at radius 3 is 1.22 bits per heavy atom. The Labute approximate surface area is 445 Å². The van der Waals surface area contributed by atoms with Crippen LogP contribution in [0.15, 0.2) is 287 Å². The van der Waals surface area contributed by atoms with Gasteiger partial charge in [-0.2, -0.15) is 0 Å². The van der Waals surface area contributed by atoms with Gasteiger partial charge in [-0.25, -0.2) is 0 Å². The van der Waals surface area contributed by atoms with E-state index >= 15 is 0 Å². The normalized spacial score (nSPS) is 22.9. The van der Waals surface area contributed by atoms with Gasteiger partial charge in [0.1, 0.15) is 23.0 Å². The van der Waals surface area contributed by atoms with Crippen molar-refractivity contribution in [3.63, 3.8) is 0 Å². The molecular formula is C74H54O2. The number of rotatable bonds is 8. The van der Waals surface area contributed by atoms with Crippen LogP contribution < -0.4 is 9.47 Å². The minimum atomic E-state index is -0.0863. The van der Waals surface area contributed by atoms with E-state index in [1.807, 2.05) is 60.7 Å². The standard InChI is InChI=1S/C74H54O2/c1-4-16-62(17-5-1)75-64-40-58(38-60(42-64)56-34-52-24-20-46-12-10-13-47-21-25-53(35-56)72(52)70(46)47)50-28-30-66-67-31-29-51(45-69(67)74(68(66)44-50)32-8-3-9-33-74)59-39-61(43-65(41-59)76-63-18-6-2-7-19-63)57-36-54-26-22-48-14-11-15-49-23-27-55(37-57)73(54)71(48)49/h1-2,4-7,10-31,34-45,70-73H,3,8-9,32-33H2. The number of allylic oxidation sites excluding steroid dienone is 28. The lowest BCUT2D eigenvalue weighted by atomic mass is 9.64. The van der Waals surface area contributed by atoms with E-state index in [2.05, 4.69) is 182 Å². The van der Waals surface area contributed by atoms with Gasteiger partial charge in [0, 0.05) is 29.1 Å². The van der Waals surface area contributed by atoms with Crippen molar-refractivity contribution in [2.45, 2.75) is 37.5 Å². The Kier molecular flexibility index (Phi) is 9.86. The van der Waals surface area contributed by atoms with E-state index in [1.165, 1.54) is 108 Å². The molecule has 4 unspecified atom stereocenters. The smallest absolute Gasteiger partial charge is 0.128 e. The predicted octanol–water partition coefficient (Wildman–Crippen LogP) is 18.8. The van der Waals surface area contributed by atoms with Gasteiger partial charge in [-0.3, -0.25) is 0 Å². The molecule has 0 heterocycles. The van der Waals surface area contributed by atoms with Crippen LogP contribution in [0, 0.1) is 23.7 Å². The lowest BCUT2D eigenvalue weighted by Crippen LogP contribution is -2.28. The number of fused-ring (bicyclic) bond motifs is 5. The highest BCUT2D eigenvalue weighted by molar-refractivity contribution is 5.90. The lowest BCUT2D eigenvalue weighted by Gasteiger charge is -2.40. The molecule has 6 aromatic carbocycles. The summed E-state index contributed by atoms with van der Waals surface area (Å²) in [4.78, 5) is 0. The summed E-state index contributed by atoms with van der Waals surface area (Å²) >= 11 is 0. The summed E-state index contributed by atoms with van der Waals surface area (Å²) in [6.07, 6.45) is 47.9. The van der Waals surface area contributed by atoms with Crippen molar-refractivity contribution in [3.05, 3.63) is 310 Å². The Hall–Kier alpha value is -8.72. The van der Waals surface area contributed by atoms with Gasteiger partial charge < -0.3 is 9.47 Å². The predicted molar refractivity (Wildman–Crippen MR) is 311 cm³/mol. The topological polar surface area (TPSA) is 18.5 Å². The summed E-state index contributed by atoms with van der Waals surface area (Å²) in [7, 11) is 0. The number of benzene rings is 6. The highest BCUT2D eigenvalue weighted by Crippen LogP contribution is 2.58. The first kappa shape index (κ1) is 43.7. The molecule has 10 aliphatic rings. The van der Waals surface area contributed by atoms with Crippen LogP contribution in [-0.4, -0.2) is 0 Å². The summed E-state index contributed by atoms with van der Waals surface area (Å²) in [5, 5.41) is 0. The van der Waals surface area contributed by atoms with Crippen LogP contribution in [0.4, 0.5) is 0 Å². The van der Waals surface area contributed by atoms with Gasteiger partial charge in [0.2, 0.25) is 0 Å². The monoisotopic (exact) mass is 974 g/mol. The largest absolute Gasteiger partial charge is 0.457 e. The maximum absolute atomic E-state index is 6.73. The molecule has 0 aromatic heterocycles. The van der Waals surface area contributed by atoms with Gasteiger partial charge in [-0.05, 0) is 197 Å². The maximum atomic E-state index is 6.73. The summed E-state index contributed by atoms with van der Waals surface area (Å²) in [6.45, 7) is 0. The molecule has 4 atom stereocenters. The molecule has 0 radical (unpaired) electrons. The van der Waals surface area contributed by atoms with Crippen LogP contribution in [0.2, 0.25) is 0 Å². The van der Waals surface area contributed by atoms with Crippen molar-refractivity contribution < 1.29 is 9.47 Å². The van der Waals surface area contributed by atoms with Gasteiger partial charge in [-0.15, -0.1) is 0 Å².